The third kappa shape index (κ3) is 5.55. The van der Waals surface area contributed by atoms with Gasteiger partial charge in [0.25, 0.3) is 0 Å². The molecular formula is C13H21NO. The first-order valence-corrected chi connectivity index (χ1v) is 5.75. The molecule has 1 fully saturated rings. The standard InChI is InChI=1S/C7H9N.C6H12O/c8-6-7-4-2-1-3-5-7;7-6-4-2-1-3-5-6/h1-5H,6,8H2;6-7H,1-5H2. The number of nitrogens with two attached hydrogens (primary N) is 1. The van der Waals surface area contributed by atoms with Crippen molar-refractivity contribution in [2.24, 2.45) is 5.73 Å². The number of aliphatic hydroxyl groups is 1. The summed E-state index contributed by atoms with van der Waals surface area (Å²) in [5.74, 6) is 0. The van der Waals surface area contributed by atoms with Crippen LogP contribution in [-0.2, 0) is 6.54 Å². The van der Waals surface area contributed by atoms with Gasteiger partial charge in [-0.2, -0.15) is 0 Å². The van der Waals surface area contributed by atoms with Crippen LogP contribution in [-0.4, -0.2) is 11.2 Å². The summed E-state index contributed by atoms with van der Waals surface area (Å²) in [4.78, 5) is 0. The van der Waals surface area contributed by atoms with Gasteiger partial charge in [-0.1, -0.05) is 49.6 Å². The number of aliphatic hydroxyl groups excluding tert-OH is 1. The molecule has 2 heteroatoms. The summed E-state index contributed by atoms with van der Waals surface area (Å²) < 4.78 is 0. The lowest BCUT2D eigenvalue weighted by Crippen LogP contribution is -2.09. The molecule has 0 radical (unpaired) electrons. The smallest absolute Gasteiger partial charge is 0.0540 e. The van der Waals surface area contributed by atoms with Gasteiger partial charge in [-0.05, 0) is 18.4 Å². The lowest BCUT2D eigenvalue weighted by atomic mass is 9.98. The zero-order valence-electron chi connectivity index (χ0n) is 9.23. The third-order valence-corrected chi connectivity index (χ3v) is 2.65. The quantitative estimate of drug-likeness (QED) is 0.743. The Labute approximate surface area is 92.1 Å². The van der Waals surface area contributed by atoms with Gasteiger partial charge in [0.1, 0.15) is 0 Å². The van der Waals surface area contributed by atoms with Crippen molar-refractivity contribution in [3.05, 3.63) is 35.9 Å². The van der Waals surface area contributed by atoms with Crippen LogP contribution in [0.3, 0.4) is 0 Å². The van der Waals surface area contributed by atoms with Gasteiger partial charge < -0.3 is 10.8 Å². The normalized spacial score (nSPS) is 16.7. The van der Waals surface area contributed by atoms with Crippen LogP contribution in [0.15, 0.2) is 30.3 Å². The minimum Gasteiger partial charge on any atom is -0.393 e. The Morgan fingerprint density at radius 3 is 2.00 bits per heavy atom. The number of hydrogen-bond acceptors (Lipinski definition) is 2. The van der Waals surface area contributed by atoms with E-state index in [1.54, 1.807) is 0 Å². The molecule has 0 bridgehead atoms. The second-order valence-corrected chi connectivity index (χ2v) is 3.98. The van der Waals surface area contributed by atoms with Crippen molar-refractivity contribution < 1.29 is 5.11 Å². The maximum Gasteiger partial charge on any atom is 0.0540 e. The maximum absolute atomic E-state index is 8.91. The predicted molar refractivity (Wildman–Crippen MR) is 63.4 cm³/mol. The van der Waals surface area contributed by atoms with E-state index < -0.39 is 0 Å². The van der Waals surface area contributed by atoms with E-state index >= 15 is 0 Å². The molecule has 2 rings (SSSR count). The fourth-order valence-electron chi connectivity index (χ4n) is 1.70. The highest BCUT2D eigenvalue weighted by molar-refractivity contribution is 5.13. The van der Waals surface area contributed by atoms with Crippen LogP contribution in [0.2, 0.25) is 0 Å². The van der Waals surface area contributed by atoms with Gasteiger partial charge in [0.2, 0.25) is 0 Å². The van der Waals surface area contributed by atoms with Gasteiger partial charge in [0.05, 0.1) is 6.10 Å². The van der Waals surface area contributed by atoms with Crippen LogP contribution in [0, 0.1) is 0 Å². The minimum atomic E-state index is 0.0359. The van der Waals surface area contributed by atoms with Crippen molar-refractivity contribution in [2.75, 3.05) is 0 Å². The van der Waals surface area contributed by atoms with Crippen molar-refractivity contribution in [3.8, 4) is 0 Å². The van der Waals surface area contributed by atoms with Crippen LogP contribution in [0.25, 0.3) is 0 Å². The van der Waals surface area contributed by atoms with Gasteiger partial charge in [0, 0.05) is 6.54 Å². The van der Waals surface area contributed by atoms with Crippen molar-refractivity contribution in [1.29, 1.82) is 0 Å². The molecule has 0 atom stereocenters. The van der Waals surface area contributed by atoms with Crippen LogP contribution in [0.1, 0.15) is 37.7 Å². The molecule has 0 aromatic heterocycles. The molecule has 0 aliphatic heterocycles. The molecule has 0 heterocycles. The van der Waals surface area contributed by atoms with Gasteiger partial charge in [-0.3, -0.25) is 0 Å². The van der Waals surface area contributed by atoms with E-state index in [0.29, 0.717) is 6.54 Å². The lowest BCUT2D eigenvalue weighted by molar-refractivity contribution is 0.130. The van der Waals surface area contributed by atoms with Gasteiger partial charge >= 0.3 is 0 Å². The zero-order chi connectivity index (χ0) is 10.9. The van der Waals surface area contributed by atoms with E-state index in [1.807, 2.05) is 30.3 Å². The summed E-state index contributed by atoms with van der Waals surface area (Å²) >= 11 is 0. The Morgan fingerprint density at radius 1 is 1.07 bits per heavy atom. The summed E-state index contributed by atoms with van der Waals surface area (Å²) in [5, 5.41) is 8.91. The summed E-state index contributed by atoms with van der Waals surface area (Å²) in [6.45, 7) is 0.640. The molecule has 1 aromatic rings. The fraction of sp³-hybridized carbons (Fsp3) is 0.538. The average Bonchev–Trinajstić information content (AvgIpc) is 2.32. The average molecular weight is 207 g/mol. The molecule has 1 aliphatic rings. The van der Waals surface area contributed by atoms with E-state index in [-0.39, 0.29) is 6.10 Å². The Kier molecular flexibility index (Phi) is 6.05. The van der Waals surface area contributed by atoms with Gasteiger partial charge in [-0.15, -0.1) is 0 Å². The van der Waals surface area contributed by atoms with E-state index in [2.05, 4.69) is 0 Å². The zero-order valence-corrected chi connectivity index (χ0v) is 9.23. The molecule has 0 saturated heterocycles. The molecule has 84 valence electrons. The molecule has 1 aliphatic carbocycles. The van der Waals surface area contributed by atoms with Crippen LogP contribution < -0.4 is 5.73 Å². The molecular weight excluding hydrogens is 186 g/mol. The molecule has 2 nitrogen and oxygen atoms in total. The topological polar surface area (TPSA) is 46.2 Å². The fourth-order valence-corrected chi connectivity index (χ4v) is 1.70. The first-order chi connectivity index (χ1) is 7.33. The molecule has 3 N–H and O–H groups in total. The summed E-state index contributed by atoms with van der Waals surface area (Å²) in [6, 6.07) is 9.99. The van der Waals surface area contributed by atoms with Crippen molar-refractivity contribution >= 4 is 0 Å². The first kappa shape index (κ1) is 12.2. The number of benzene rings is 1. The summed E-state index contributed by atoms with van der Waals surface area (Å²) in [5.41, 5.74) is 6.54. The van der Waals surface area contributed by atoms with E-state index in [4.69, 9.17) is 10.8 Å². The second kappa shape index (κ2) is 7.43. The number of rotatable bonds is 1. The maximum atomic E-state index is 8.91. The Morgan fingerprint density at radius 2 is 1.67 bits per heavy atom. The molecule has 15 heavy (non-hydrogen) atoms. The molecule has 0 spiro atoms. The molecule has 1 saturated carbocycles. The second-order valence-electron chi connectivity index (χ2n) is 3.98. The monoisotopic (exact) mass is 207 g/mol. The van der Waals surface area contributed by atoms with E-state index in [0.717, 1.165) is 12.8 Å². The first-order valence-electron chi connectivity index (χ1n) is 5.75. The Balaban J connectivity index is 0.000000151. The number of hydrogen-bond donors (Lipinski definition) is 2. The third-order valence-electron chi connectivity index (χ3n) is 2.65. The van der Waals surface area contributed by atoms with E-state index in [1.165, 1.54) is 24.8 Å². The predicted octanol–water partition coefficient (Wildman–Crippen LogP) is 2.46. The highest BCUT2D eigenvalue weighted by atomic mass is 16.3. The van der Waals surface area contributed by atoms with E-state index in [9.17, 15) is 0 Å². The van der Waals surface area contributed by atoms with Crippen LogP contribution >= 0.6 is 0 Å². The van der Waals surface area contributed by atoms with Crippen molar-refractivity contribution in [2.45, 2.75) is 44.8 Å². The Hall–Kier alpha value is -0.860. The SMILES string of the molecule is NCc1ccccc1.OC1CCCCC1. The molecule has 1 aromatic carbocycles. The minimum absolute atomic E-state index is 0.0359. The summed E-state index contributed by atoms with van der Waals surface area (Å²) in [6.07, 6.45) is 5.92. The van der Waals surface area contributed by atoms with Gasteiger partial charge in [-0.25, -0.2) is 0 Å². The van der Waals surface area contributed by atoms with Crippen molar-refractivity contribution in [3.63, 3.8) is 0 Å². The molecule has 0 amide bonds. The van der Waals surface area contributed by atoms with Crippen molar-refractivity contribution in [1.82, 2.24) is 0 Å². The largest absolute Gasteiger partial charge is 0.393 e. The van der Waals surface area contributed by atoms with Crippen LogP contribution in [0.5, 0.6) is 0 Å². The molecule has 0 unspecified atom stereocenters. The van der Waals surface area contributed by atoms with Crippen LogP contribution in [0.4, 0.5) is 0 Å². The highest BCUT2D eigenvalue weighted by Crippen LogP contribution is 2.16. The highest BCUT2D eigenvalue weighted by Gasteiger charge is 2.07. The lowest BCUT2D eigenvalue weighted by Gasteiger charge is -2.14. The Bertz CT molecular complexity index is 242. The summed E-state index contributed by atoms with van der Waals surface area (Å²) in [7, 11) is 0. The van der Waals surface area contributed by atoms with Gasteiger partial charge in [0.15, 0.2) is 0 Å².